The lowest BCUT2D eigenvalue weighted by Gasteiger charge is -1.96. The molecule has 1 rings (SSSR count). The van der Waals surface area contributed by atoms with Crippen molar-refractivity contribution in [1.29, 1.82) is 0 Å². The SMILES string of the molecule is C#CCCNC(=O)c1nnc(C)s1. The molecular formula is C8H9N3OS. The normalized spacial score (nSPS) is 9.23. The summed E-state index contributed by atoms with van der Waals surface area (Å²) in [5, 5.41) is 11.2. The number of aromatic nitrogens is 2. The van der Waals surface area contributed by atoms with Crippen LogP contribution in [-0.4, -0.2) is 22.6 Å². The van der Waals surface area contributed by atoms with E-state index in [1.165, 1.54) is 11.3 Å². The van der Waals surface area contributed by atoms with Gasteiger partial charge in [-0.05, 0) is 6.92 Å². The lowest BCUT2D eigenvalue weighted by atomic mass is 10.4. The first kappa shape index (κ1) is 9.68. The second kappa shape index (κ2) is 4.58. The monoisotopic (exact) mass is 195 g/mol. The highest BCUT2D eigenvalue weighted by molar-refractivity contribution is 7.13. The highest BCUT2D eigenvalue weighted by Crippen LogP contribution is 2.06. The fourth-order valence-electron chi connectivity index (χ4n) is 0.712. The highest BCUT2D eigenvalue weighted by Gasteiger charge is 2.09. The molecule has 1 amide bonds. The van der Waals surface area contributed by atoms with Gasteiger partial charge >= 0.3 is 0 Å². The number of nitrogens with zero attached hydrogens (tertiary/aromatic N) is 2. The Morgan fingerprint density at radius 1 is 1.69 bits per heavy atom. The lowest BCUT2D eigenvalue weighted by molar-refractivity contribution is 0.0953. The molecule has 1 aromatic heterocycles. The van der Waals surface area contributed by atoms with Gasteiger partial charge in [0.15, 0.2) is 0 Å². The van der Waals surface area contributed by atoms with Crippen molar-refractivity contribution in [3.8, 4) is 12.3 Å². The molecule has 0 radical (unpaired) electrons. The number of nitrogens with one attached hydrogen (secondary N) is 1. The van der Waals surface area contributed by atoms with Crippen molar-refractivity contribution in [3.63, 3.8) is 0 Å². The van der Waals surface area contributed by atoms with Gasteiger partial charge in [0.25, 0.3) is 5.91 Å². The van der Waals surface area contributed by atoms with Crippen molar-refractivity contribution in [2.24, 2.45) is 0 Å². The molecule has 0 aliphatic carbocycles. The van der Waals surface area contributed by atoms with Crippen LogP contribution in [0.5, 0.6) is 0 Å². The van der Waals surface area contributed by atoms with Crippen LogP contribution in [-0.2, 0) is 0 Å². The molecule has 0 unspecified atom stereocenters. The molecule has 0 bridgehead atoms. The molecule has 1 N–H and O–H groups in total. The summed E-state index contributed by atoms with van der Waals surface area (Å²) in [5.41, 5.74) is 0. The van der Waals surface area contributed by atoms with Crippen molar-refractivity contribution in [3.05, 3.63) is 10.0 Å². The number of amides is 1. The molecule has 0 atom stereocenters. The van der Waals surface area contributed by atoms with Crippen LogP contribution < -0.4 is 5.32 Å². The van der Waals surface area contributed by atoms with Gasteiger partial charge in [0, 0.05) is 13.0 Å². The van der Waals surface area contributed by atoms with E-state index in [1.54, 1.807) is 6.92 Å². The molecule has 1 heterocycles. The van der Waals surface area contributed by atoms with Crippen molar-refractivity contribution in [2.45, 2.75) is 13.3 Å². The Morgan fingerprint density at radius 2 is 2.46 bits per heavy atom. The number of terminal acetylenes is 1. The van der Waals surface area contributed by atoms with Crippen molar-refractivity contribution in [1.82, 2.24) is 15.5 Å². The molecule has 0 aliphatic rings. The Labute approximate surface area is 80.4 Å². The fourth-order valence-corrected chi connectivity index (χ4v) is 1.32. The topological polar surface area (TPSA) is 54.9 Å². The molecule has 0 aliphatic heterocycles. The molecule has 0 saturated heterocycles. The van der Waals surface area contributed by atoms with Crippen LogP contribution in [0.2, 0.25) is 0 Å². The zero-order chi connectivity index (χ0) is 9.68. The largest absolute Gasteiger partial charge is 0.349 e. The third-order valence-electron chi connectivity index (χ3n) is 1.28. The minimum atomic E-state index is -0.208. The second-order valence-electron chi connectivity index (χ2n) is 2.34. The summed E-state index contributed by atoms with van der Waals surface area (Å²) < 4.78 is 0. The van der Waals surface area contributed by atoms with Crippen molar-refractivity contribution >= 4 is 17.2 Å². The zero-order valence-corrected chi connectivity index (χ0v) is 8.02. The number of hydrogen-bond donors (Lipinski definition) is 1. The van der Waals surface area contributed by atoms with Gasteiger partial charge in [-0.25, -0.2) is 0 Å². The van der Waals surface area contributed by atoms with Crippen LogP contribution in [0.3, 0.4) is 0 Å². The van der Waals surface area contributed by atoms with E-state index in [2.05, 4.69) is 21.4 Å². The summed E-state index contributed by atoms with van der Waals surface area (Å²) in [6.45, 7) is 2.28. The Morgan fingerprint density at radius 3 is 3.00 bits per heavy atom. The van der Waals surface area contributed by atoms with Gasteiger partial charge in [0.05, 0.1) is 0 Å². The summed E-state index contributed by atoms with van der Waals surface area (Å²) in [5.74, 6) is 2.22. The maximum Gasteiger partial charge on any atom is 0.282 e. The average molecular weight is 195 g/mol. The smallest absolute Gasteiger partial charge is 0.282 e. The Hall–Kier alpha value is -1.41. The minimum absolute atomic E-state index is 0.208. The standard InChI is InChI=1S/C8H9N3OS/c1-3-4-5-9-7(12)8-11-10-6(2)13-8/h1H,4-5H2,2H3,(H,9,12). The first-order chi connectivity index (χ1) is 6.24. The van der Waals surface area contributed by atoms with E-state index in [0.29, 0.717) is 18.0 Å². The Kier molecular flexibility index (Phi) is 3.41. The molecule has 0 saturated carbocycles. The summed E-state index contributed by atoms with van der Waals surface area (Å²) in [4.78, 5) is 11.3. The van der Waals surface area contributed by atoms with Crippen molar-refractivity contribution < 1.29 is 4.79 Å². The molecule has 0 fully saturated rings. The predicted octanol–water partition coefficient (Wildman–Crippen LogP) is 0.600. The zero-order valence-electron chi connectivity index (χ0n) is 7.20. The van der Waals surface area contributed by atoms with Crippen LogP contribution in [0.4, 0.5) is 0 Å². The van der Waals surface area contributed by atoms with Crippen LogP contribution in [0.1, 0.15) is 21.2 Å². The lowest BCUT2D eigenvalue weighted by Crippen LogP contribution is -2.23. The summed E-state index contributed by atoms with van der Waals surface area (Å²) >= 11 is 1.27. The molecule has 4 nitrogen and oxygen atoms in total. The maximum atomic E-state index is 11.3. The molecule has 68 valence electrons. The summed E-state index contributed by atoms with van der Waals surface area (Å²) in [6.07, 6.45) is 5.56. The quantitative estimate of drug-likeness (QED) is 0.567. The van der Waals surface area contributed by atoms with E-state index in [4.69, 9.17) is 6.42 Å². The maximum absolute atomic E-state index is 11.3. The number of aryl methyl sites for hydroxylation is 1. The molecule has 0 spiro atoms. The van der Waals surface area contributed by atoms with Gasteiger partial charge in [0.2, 0.25) is 5.01 Å². The first-order valence-electron chi connectivity index (χ1n) is 3.76. The van der Waals surface area contributed by atoms with Gasteiger partial charge in [-0.1, -0.05) is 11.3 Å². The molecule has 0 aromatic carbocycles. The summed E-state index contributed by atoms with van der Waals surface area (Å²) in [6, 6.07) is 0. The van der Waals surface area contributed by atoms with E-state index >= 15 is 0 Å². The highest BCUT2D eigenvalue weighted by atomic mass is 32.1. The van der Waals surface area contributed by atoms with Gasteiger partial charge in [-0.15, -0.1) is 22.5 Å². The molecule has 13 heavy (non-hydrogen) atoms. The molecule has 1 aromatic rings. The van der Waals surface area contributed by atoms with Crippen LogP contribution in [0, 0.1) is 19.3 Å². The van der Waals surface area contributed by atoms with Crippen LogP contribution in [0.15, 0.2) is 0 Å². The number of carbonyl (C=O) groups excluding carboxylic acids is 1. The van der Waals surface area contributed by atoms with E-state index in [-0.39, 0.29) is 5.91 Å². The Bertz CT molecular complexity index is 339. The van der Waals surface area contributed by atoms with Gasteiger partial charge < -0.3 is 5.32 Å². The average Bonchev–Trinajstić information content (AvgIpc) is 2.52. The number of rotatable bonds is 3. The van der Waals surface area contributed by atoms with Gasteiger partial charge in [-0.2, -0.15) is 0 Å². The predicted molar refractivity (Wildman–Crippen MR) is 50.4 cm³/mol. The molecule has 5 heteroatoms. The number of carbonyl (C=O) groups is 1. The van der Waals surface area contributed by atoms with Crippen molar-refractivity contribution in [2.75, 3.05) is 6.54 Å². The first-order valence-corrected chi connectivity index (χ1v) is 4.57. The number of hydrogen-bond acceptors (Lipinski definition) is 4. The molecular weight excluding hydrogens is 186 g/mol. The Balaban J connectivity index is 2.45. The minimum Gasteiger partial charge on any atom is -0.349 e. The van der Waals surface area contributed by atoms with Gasteiger partial charge in [0.1, 0.15) is 5.01 Å². The van der Waals surface area contributed by atoms with E-state index in [1.807, 2.05) is 0 Å². The van der Waals surface area contributed by atoms with E-state index < -0.39 is 0 Å². The van der Waals surface area contributed by atoms with E-state index in [0.717, 1.165) is 5.01 Å². The third kappa shape index (κ3) is 2.84. The summed E-state index contributed by atoms with van der Waals surface area (Å²) in [7, 11) is 0. The second-order valence-corrected chi connectivity index (χ2v) is 3.52. The van der Waals surface area contributed by atoms with Crippen LogP contribution in [0.25, 0.3) is 0 Å². The fraction of sp³-hybridized carbons (Fsp3) is 0.375. The van der Waals surface area contributed by atoms with Crippen LogP contribution >= 0.6 is 11.3 Å². The third-order valence-corrected chi connectivity index (χ3v) is 2.11. The van der Waals surface area contributed by atoms with E-state index in [9.17, 15) is 4.79 Å². The van der Waals surface area contributed by atoms with Gasteiger partial charge in [-0.3, -0.25) is 4.79 Å².